The van der Waals surface area contributed by atoms with Gasteiger partial charge >= 0.3 is 5.97 Å². The van der Waals surface area contributed by atoms with Gasteiger partial charge in [-0.15, -0.1) is 0 Å². The quantitative estimate of drug-likeness (QED) is 0.928. The number of carboxylic acid groups (broad SMARTS) is 1. The summed E-state index contributed by atoms with van der Waals surface area (Å²) in [5.74, 6) is 0.246. The number of hydrogen-bond acceptors (Lipinski definition) is 3. The van der Waals surface area contributed by atoms with E-state index in [1.807, 2.05) is 0 Å². The second-order valence-corrected chi connectivity index (χ2v) is 4.99. The summed E-state index contributed by atoms with van der Waals surface area (Å²) in [5.41, 5.74) is -0.124. The molecule has 0 amide bonds. The van der Waals surface area contributed by atoms with Crippen LogP contribution < -0.4 is 9.47 Å². The Morgan fingerprint density at radius 1 is 1.35 bits per heavy atom. The van der Waals surface area contributed by atoms with Gasteiger partial charge in [0.25, 0.3) is 0 Å². The summed E-state index contributed by atoms with van der Waals surface area (Å²) in [6.45, 7) is 0. The highest BCUT2D eigenvalue weighted by Crippen LogP contribution is 2.54. The molecule has 0 aliphatic heterocycles. The molecule has 0 atom stereocenters. The van der Waals surface area contributed by atoms with Crippen molar-refractivity contribution >= 4 is 21.9 Å². The summed E-state index contributed by atoms with van der Waals surface area (Å²) in [5, 5.41) is 9.32. The molecule has 0 bridgehead atoms. The third-order valence-electron chi connectivity index (χ3n) is 3.12. The molecule has 1 aliphatic carbocycles. The summed E-state index contributed by atoms with van der Waals surface area (Å²) >= 11 is 3.36. The second kappa shape index (κ2) is 4.22. The van der Waals surface area contributed by atoms with Crippen LogP contribution in [-0.4, -0.2) is 25.3 Å². The molecule has 0 radical (unpaired) electrons. The van der Waals surface area contributed by atoms with E-state index in [0.717, 1.165) is 4.47 Å². The Kier molecular flexibility index (Phi) is 3.03. The van der Waals surface area contributed by atoms with Crippen molar-refractivity contribution in [3.05, 3.63) is 22.2 Å². The normalized spacial score (nSPS) is 16.4. The number of rotatable bonds is 4. The van der Waals surface area contributed by atoms with Crippen LogP contribution in [0.15, 0.2) is 16.6 Å². The van der Waals surface area contributed by atoms with Gasteiger partial charge in [-0.25, -0.2) is 0 Å². The Morgan fingerprint density at radius 2 is 2.00 bits per heavy atom. The van der Waals surface area contributed by atoms with Gasteiger partial charge in [-0.3, -0.25) is 4.79 Å². The molecule has 0 aromatic heterocycles. The van der Waals surface area contributed by atoms with E-state index in [1.54, 1.807) is 12.1 Å². The van der Waals surface area contributed by atoms with E-state index in [9.17, 15) is 9.90 Å². The van der Waals surface area contributed by atoms with Gasteiger partial charge in [-0.05, 0) is 25.0 Å². The Bertz CT molecular complexity index is 466. The third-order valence-corrected chi connectivity index (χ3v) is 3.58. The first-order chi connectivity index (χ1) is 8.05. The minimum atomic E-state index is -0.809. The van der Waals surface area contributed by atoms with Crippen LogP contribution in [0.5, 0.6) is 11.5 Å². The number of methoxy groups -OCH3 is 2. The van der Waals surface area contributed by atoms with Crippen LogP contribution in [-0.2, 0) is 10.2 Å². The molecule has 5 heteroatoms. The highest BCUT2D eigenvalue weighted by molar-refractivity contribution is 9.10. The van der Waals surface area contributed by atoms with Gasteiger partial charge < -0.3 is 14.6 Å². The number of benzene rings is 1. The lowest BCUT2D eigenvalue weighted by Crippen LogP contribution is -2.20. The van der Waals surface area contributed by atoms with E-state index >= 15 is 0 Å². The SMILES string of the molecule is COc1cc(Br)cc(C2(C(=O)O)CC2)c1OC. The van der Waals surface area contributed by atoms with Crippen molar-refractivity contribution < 1.29 is 19.4 Å². The maximum absolute atomic E-state index is 11.4. The molecule has 4 nitrogen and oxygen atoms in total. The molecule has 0 spiro atoms. The molecule has 2 rings (SSSR count). The minimum Gasteiger partial charge on any atom is -0.493 e. The van der Waals surface area contributed by atoms with Crippen LogP contribution in [0.2, 0.25) is 0 Å². The monoisotopic (exact) mass is 300 g/mol. The van der Waals surface area contributed by atoms with E-state index in [1.165, 1.54) is 14.2 Å². The zero-order valence-corrected chi connectivity index (χ0v) is 11.2. The van der Waals surface area contributed by atoms with Crippen molar-refractivity contribution in [2.24, 2.45) is 0 Å². The standard InChI is InChI=1S/C12H13BrO4/c1-16-9-6-7(13)5-8(10(9)17-2)12(3-4-12)11(14)15/h5-6H,3-4H2,1-2H3,(H,14,15). The van der Waals surface area contributed by atoms with Crippen molar-refractivity contribution in [2.45, 2.75) is 18.3 Å². The average Bonchev–Trinajstić information content (AvgIpc) is 3.08. The number of hydrogen-bond donors (Lipinski definition) is 1. The number of ether oxygens (including phenoxy) is 2. The molecule has 1 aromatic rings. The van der Waals surface area contributed by atoms with Gasteiger partial charge in [0.1, 0.15) is 0 Å². The Balaban J connectivity index is 2.60. The van der Waals surface area contributed by atoms with Crippen LogP contribution in [0.1, 0.15) is 18.4 Å². The first-order valence-electron chi connectivity index (χ1n) is 5.20. The van der Waals surface area contributed by atoms with Crippen LogP contribution in [0.4, 0.5) is 0 Å². The average molecular weight is 301 g/mol. The number of carbonyl (C=O) groups is 1. The molecule has 0 unspecified atom stereocenters. The molecule has 1 fully saturated rings. The minimum absolute atomic E-state index is 0.510. The fourth-order valence-corrected chi connectivity index (χ4v) is 2.45. The fraction of sp³-hybridized carbons (Fsp3) is 0.417. The Morgan fingerprint density at radius 3 is 2.41 bits per heavy atom. The molecule has 1 aromatic carbocycles. The van der Waals surface area contributed by atoms with Gasteiger partial charge in [-0.1, -0.05) is 15.9 Å². The van der Waals surface area contributed by atoms with E-state index in [4.69, 9.17) is 9.47 Å². The van der Waals surface area contributed by atoms with Crippen LogP contribution in [0, 0.1) is 0 Å². The molecule has 1 N–H and O–H groups in total. The smallest absolute Gasteiger partial charge is 0.314 e. The third kappa shape index (κ3) is 1.88. The van der Waals surface area contributed by atoms with Crippen molar-refractivity contribution in [1.29, 1.82) is 0 Å². The summed E-state index contributed by atoms with van der Waals surface area (Å²) in [7, 11) is 3.06. The highest BCUT2D eigenvalue weighted by Gasteiger charge is 2.54. The molecule has 0 heterocycles. The molecule has 1 aliphatic rings. The lowest BCUT2D eigenvalue weighted by molar-refractivity contribution is -0.140. The van der Waals surface area contributed by atoms with Crippen LogP contribution >= 0.6 is 15.9 Å². The molecular weight excluding hydrogens is 288 g/mol. The molecule has 1 saturated carbocycles. The lowest BCUT2D eigenvalue weighted by Gasteiger charge is -2.17. The number of halogens is 1. The van der Waals surface area contributed by atoms with E-state index < -0.39 is 11.4 Å². The topological polar surface area (TPSA) is 55.8 Å². The van der Waals surface area contributed by atoms with E-state index in [-0.39, 0.29) is 0 Å². The summed E-state index contributed by atoms with van der Waals surface area (Å²) in [6.07, 6.45) is 1.27. The van der Waals surface area contributed by atoms with Crippen molar-refractivity contribution in [2.75, 3.05) is 14.2 Å². The maximum Gasteiger partial charge on any atom is 0.314 e. The van der Waals surface area contributed by atoms with Gasteiger partial charge in [0.15, 0.2) is 11.5 Å². The fourth-order valence-electron chi connectivity index (χ4n) is 2.01. The molecule has 17 heavy (non-hydrogen) atoms. The Hall–Kier alpha value is -1.23. The zero-order chi connectivity index (χ0) is 12.6. The summed E-state index contributed by atoms with van der Waals surface area (Å²) in [6, 6.07) is 3.56. The largest absolute Gasteiger partial charge is 0.493 e. The lowest BCUT2D eigenvalue weighted by atomic mass is 9.95. The van der Waals surface area contributed by atoms with Crippen molar-refractivity contribution in [1.82, 2.24) is 0 Å². The predicted molar refractivity (Wildman–Crippen MR) is 65.8 cm³/mol. The number of carboxylic acids is 1. The predicted octanol–water partition coefficient (Wildman–Crippen LogP) is 2.58. The van der Waals surface area contributed by atoms with E-state index in [2.05, 4.69) is 15.9 Å². The first-order valence-corrected chi connectivity index (χ1v) is 6.00. The molecule has 0 saturated heterocycles. The van der Waals surface area contributed by atoms with Gasteiger partial charge in [0.05, 0.1) is 19.6 Å². The van der Waals surface area contributed by atoms with Gasteiger partial charge in [0, 0.05) is 10.0 Å². The Labute approximate surface area is 108 Å². The first kappa shape index (κ1) is 12.2. The maximum atomic E-state index is 11.4. The summed E-state index contributed by atoms with van der Waals surface area (Å²) < 4.78 is 11.3. The van der Waals surface area contributed by atoms with Gasteiger partial charge in [0.2, 0.25) is 0 Å². The molecule has 92 valence electrons. The highest BCUT2D eigenvalue weighted by atomic mass is 79.9. The summed E-state index contributed by atoms with van der Waals surface area (Å²) in [4.78, 5) is 11.4. The zero-order valence-electron chi connectivity index (χ0n) is 9.62. The van der Waals surface area contributed by atoms with E-state index in [0.29, 0.717) is 29.9 Å². The van der Waals surface area contributed by atoms with Gasteiger partial charge in [-0.2, -0.15) is 0 Å². The van der Waals surface area contributed by atoms with Crippen LogP contribution in [0.3, 0.4) is 0 Å². The van der Waals surface area contributed by atoms with Crippen molar-refractivity contribution in [3.8, 4) is 11.5 Å². The van der Waals surface area contributed by atoms with Crippen molar-refractivity contribution in [3.63, 3.8) is 0 Å². The van der Waals surface area contributed by atoms with Crippen LogP contribution in [0.25, 0.3) is 0 Å². The number of aliphatic carboxylic acids is 1. The molecular formula is C12H13BrO4. The second-order valence-electron chi connectivity index (χ2n) is 4.08.